The number of nitrogens with two attached hydrogens (primary N) is 1. The van der Waals surface area contributed by atoms with Gasteiger partial charge in [0.2, 0.25) is 5.91 Å². The summed E-state index contributed by atoms with van der Waals surface area (Å²) in [6.07, 6.45) is 1.61. The Morgan fingerprint density at radius 1 is 1.50 bits per heavy atom. The first kappa shape index (κ1) is 14.2. The summed E-state index contributed by atoms with van der Waals surface area (Å²) in [7, 11) is 1.84. The third-order valence-electron chi connectivity index (χ3n) is 2.52. The molecule has 1 aromatic rings. The summed E-state index contributed by atoms with van der Waals surface area (Å²) >= 11 is 0. The van der Waals surface area contributed by atoms with E-state index in [0.29, 0.717) is 31.9 Å². The van der Waals surface area contributed by atoms with Crippen LogP contribution in [-0.2, 0) is 11.3 Å². The Morgan fingerprint density at radius 2 is 2.22 bits per heavy atom. The van der Waals surface area contributed by atoms with Crippen molar-refractivity contribution in [2.24, 2.45) is 0 Å². The van der Waals surface area contributed by atoms with E-state index in [0.717, 1.165) is 0 Å². The van der Waals surface area contributed by atoms with Crippen molar-refractivity contribution in [1.29, 1.82) is 0 Å². The quantitative estimate of drug-likeness (QED) is 0.715. The molecule has 0 spiro atoms. The van der Waals surface area contributed by atoms with E-state index in [1.54, 1.807) is 16.8 Å². The van der Waals surface area contributed by atoms with Gasteiger partial charge in [-0.25, -0.2) is 0 Å². The molecule has 0 unspecified atom stereocenters. The number of nitrogen functional groups attached to an aromatic ring is 1. The van der Waals surface area contributed by atoms with Crippen molar-refractivity contribution in [1.82, 2.24) is 14.8 Å². The zero-order valence-electron chi connectivity index (χ0n) is 10.8. The average molecular weight is 252 g/mol. The molecule has 1 heterocycles. The van der Waals surface area contributed by atoms with Gasteiger partial charge in [-0.1, -0.05) is 0 Å². The third-order valence-corrected chi connectivity index (χ3v) is 2.52. The molecular weight excluding hydrogens is 232 g/mol. The van der Waals surface area contributed by atoms with Gasteiger partial charge in [0, 0.05) is 37.6 Å². The third kappa shape index (κ3) is 4.58. The number of nitrogens with zero attached hydrogens (tertiary/aromatic N) is 2. The Morgan fingerprint density at radius 3 is 2.89 bits per heavy atom. The zero-order valence-corrected chi connectivity index (χ0v) is 10.8. The lowest BCUT2D eigenvalue weighted by Crippen LogP contribution is -2.37. The summed E-state index contributed by atoms with van der Waals surface area (Å²) < 4.78 is 1.55. The van der Waals surface area contributed by atoms with Crippen LogP contribution in [0.3, 0.4) is 0 Å². The molecule has 18 heavy (non-hydrogen) atoms. The number of aromatic nitrogens is 1. The molecule has 0 fully saturated rings. The summed E-state index contributed by atoms with van der Waals surface area (Å²) in [6.45, 7) is 3.96. The van der Waals surface area contributed by atoms with Crippen LogP contribution in [0.15, 0.2) is 23.1 Å². The van der Waals surface area contributed by atoms with Crippen LogP contribution < -0.4 is 16.6 Å². The van der Waals surface area contributed by atoms with E-state index in [2.05, 4.69) is 5.32 Å². The molecule has 0 aliphatic heterocycles. The van der Waals surface area contributed by atoms with E-state index < -0.39 is 0 Å². The number of likely N-dealkylation sites (N-methyl/N-ethyl adjacent to an activating group) is 2. The molecule has 0 aromatic carbocycles. The molecule has 0 bridgehead atoms. The van der Waals surface area contributed by atoms with Crippen molar-refractivity contribution in [3.05, 3.63) is 28.7 Å². The highest BCUT2D eigenvalue weighted by molar-refractivity contribution is 5.77. The number of carbonyl (C=O) groups is 1. The lowest BCUT2D eigenvalue weighted by atomic mass is 10.4. The molecule has 6 nitrogen and oxygen atoms in total. The van der Waals surface area contributed by atoms with Gasteiger partial charge in [-0.2, -0.15) is 0 Å². The van der Waals surface area contributed by atoms with Crippen LogP contribution in [0, 0.1) is 0 Å². The van der Waals surface area contributed by atoms with Crippen LogP contribution in [0.1, 0.15) is 6.92 Å². The number of rotatable bonds is 6. The fourth-order valence-electron chi connectivity index (χ4n) is 1.58. The molecule has 0 aliphatic rings. The van der Waals surface area contributed by atoms with Crippen LogP contribution >= 0.6 is 0 Å². The largest absolute Gasteiger partial charge is 0.398 e. The second-order valence-corrected chi connectivity index (χ2v) is 4.19. The van der Waals surface area contributed by atoms with Crippen LogP contribution in [0.25, 0.3) is 0 Å². The van der Waals surface area contributed by atoms with E-state index >= 15 is 0 Å². The van der Waals surface area contributed by atoms with E-state index in [4.69, 9.17) is 5.73 Å². The van der Waals surface area contributed by atoms with Gasteiger partial charge in [0.05, 0.1) is 6.54 Å². The highest BCUT2D eigenvalue weighted by Crippen LogP contribution is 1.96. The van der Waals surface area contributed by atoms with Crippen molar-refractivity contribution in [3.8, 4) is 0 Å². The Kier molecular flexibility index (Phi) is 5.38. The Bertz CT molecular complexity index is 456. The van der Waals surface area contributed by atoms with E-state index in [9.17, 15) is 9.59 Å². The predicted octanol–water partition coefficient (Wildman–Crippen LogP) is -0.502. The number of pyridine rings is 1. The molecule has 0 saturated carbocycles. The lowest BCUT2D eigenvalue weighted by molar-refractivity contribution is -0.121. The minimum Gasteiger partial charge on any atom is -0.398 e. The Hall–Kier alpha value is -1.82. The normalized spacial score (nSPS) is 10.6. The van der Waals surface area contributed by atoms with Crippen LogP contribution in [0.4, 0.5) is 5.69 Å². The predicted molar refractivity (Wildman–Crippen MR) is 71.3 cm³/mol. The molecule has 1 aromatic heterocycles. The van der Waals surface area contributed by atoms with Crippen LogP contribution in [0.5, 0.6) is 0 Å². The number of anilines is 1. The number of nitrogens with one attached hydrogen (secondary N) is 1. The molecule has 100 valence electrons. The zero-order chi connectivity index (χ0) is 13.5. The van der Waals surface area contributed by atoms with Crippen molar-refractivity contribution in [3.63, 3.8) is 0 Å². The van der Waals surface area contributed by atoms with Crippen molar-refractivity contribution < 1.29 is 4.79 Å². The number of hydrogen-bond acceptors (Lipinski definition) is 4. The van der Waals surface area contributed by atoms with Crippen molar-refractivity contribution in [2.45, 2.75) is 13.5 Å². The van der Waals surface area contributed by atoms with Gasteiger partial charge in [0.25, 0.3) is 5.56 Å². The molecule has 0 atom stereocenters. The van der Waals surface area contributed by atoms with E-state index in [-0.39, 0.29) is 11.5 Å². The molecule has 0 radical (unpaired) electrons. The average Bonchev–Trinajstić information content (AvgIpc) is 2.30. The Labute approximate surface area is 106 Å². The number of amides is 1. The monoisotopic (exact) mass is 252 g/mol. The van der Waals surface area contributed by atoms with Crippen molar-refractivity contribution in [2.75, 3.05) is 32.4 Å². The van der Waals surface area contributed by atoms with Gasteiger partial charge < -0.3 is 15.6 Å². The molecule has 6 heteroatoms. The van der Waals surface area contributed by atoms with E-state index in [1.807, 2.05) is 18.9 Å². The molecule has 3 N–H and O–H groups in total. The summed E-state index contributed by atoms with van der Waals surface area (Å²) in [5.41, 5.74) is 6.09. The molecule has 0 aliphatic carbocycles. The molecule has 1 amide bonds. The molecular formula is C12H20N4O2. The minimum atomic E-state index is -0.0874. The van der Waals surface area contributed by atoms with Gasteiger partial charge in [-0.3, -0.25) is 14.5 Å². The second kappa shape index (κ2) is 6.80. The first-order chi connectivity index (χ1) is 8.52. The fraction of sp³-hybridized carbons (Fsp3) is 0.500. The maximum atomic E-state index is 11.5. The first-order valence-electron chi connectivity index (χ1n) is 5.94. The standard InChI is InChI=1S/C12H20N4O2/c1-3-14-11(17)9-15(2)6-7-16-8-10(13)4-5-12(16)18/h4-5,8H,3,6-7,9,13H2,1-2H3,(H,14,17). The van der Waals surface area contributed by atoms with Crippen molar-refractivity contribution >= 4 is 11.6 Å². The second-order valence-electron chi connectivity index (χ2n) is 4.19. The molecule has 0 saturated heterocycles. The van der Waals surface area contributed by atoms with Crippen LogP contribution in [0.2, 0.25) is 0 Å². The van der Waals surface area contributed by atoms with Gasteiger partial charge in [0.1, 0.15) is 0 Å². The minimum absolute atomic E-state index is 0.0140. The Balaban J connectivity index is 2.47. The highest BCUT2D eigenvalue weighted by Gasteiger charge is 2.05. The van der Waals surface area contributed by atoms with Gasteiger partial charge in [0.15, 0.2) is 0 Å². The summed E-state index contributed by atoms with van der Waals surface area (Å²) in [5, 5.41) is 2.73. The summed E-state index contributed by atoms with van der Waals surface area (Å²) in [6, 6.07) is 3.02. The van der Waals surface area contributed by atoms with Gasteiger partial charge in [-0.15, -0.1) is 0 Å². The summed E-state index contributed by atoms with van der Waals surface area (Å²) in [4.78, 5) is 24.7. The number of hydrogen-bond donors (Lipinski definition) is 2. The topological polar surface area (TPSA) is 80.4 Å². The highest BCUT2D eigenvalue weighted by atomic mass is 16.2. The first-order valence-corrected chi connectivity index (χ1v) is 5.94. The maximum Gasteiger partial charge on any atom is 0.250 e. The molecule has 1 rings (SSSR count). The SMILES string of the molecule is CCNC(=O)CN(C)CCn1cc(N)ccc1=O. The van der Waals surface area contributed by atoms with Gasteiger partial charge in [-0.05, 0) is 20.0 Å². The summed E-state index contributed by atoms with van der Waals surface area (Å²) in [5.74, 6) is -0.0140. The maximum absolute atomic E-state index is 11.5. The van der Waals surface area contributed by atoms with Crippen LogP contribution in [-0.4, -0.2) is 42.1 Å². The smallest absolute Gasteiger partial charge is 0.250 e. The van der Waals surface area contributed by atoms with E-state index in [1.165, 1.54) is 6.07 Å². The van der Waals surface area contributed by atoms with Gasteiger partial charge >= 0.3 is 0 Å². The lowest BCUT2D eigenvalue weighted by Gasteiger charge is -2.16. The number of carbonyl (C=O) groups excluding carboxylic acids is 1. The fourth-order valence-corrected chi connectivity index (χ4v) is 1.58.